The van der Waals surface area contributed by atoms with Crippen LogP contribution in [0.25, 0.3) is 0 Å². The third kappa shape index (κ3) is 2.86. The van der Waals surface area contributed by atoms with Gasteiger partial charge in [0.15, 0.2) is 0 Å². The lowest BCUT2D eigenvalue weighted by Crippen LogP contribution is -2.62. The molecule has 25 heavy (non-hydrogen) atoms. The first-order valence-corrected chi connectivity index (χ1v) is 8.69. The molecule has 0 radical (unpaired) electrons. The smallest absolute Gasteiger partial charge is 0.271 e. The lowest BCUT2D eigenvalue weighted by Gasteiger charge is -2.45. The molecule has 3 heterocycles. The third-order valence-electron chi connectivity index (χ3n) is 5.15. The number of hydrogen-bond donors (Lipinski definition) is 0. The van der Waals surface area contributed by atoms with Gasteiger partial charge in [0.2, 0.25) is 0 Å². The van der Waals surface area contributed by atoms with Gasteiger partial charge in [0, 0.05) is 46.1 Å². The maximum atomic E-state index is 12.9. The van der Waals surface area contributed by atoms with E-state index in [2.05, 4.69) is 0 Å². The molecule has 0 aromatic carbocycles. The topological polar surface area (TPSA) is 50.5 Å². The molecule has 0 N–H and O–H groups in total. The van der Waals surface area contributed by atoms with Crippen molar-refractivity contribution < 1.29 is 9.59 Å². The number of amides is 2. The summed E-state index contributed by atoms with van der Waals surface area (Å²) in [6.45, 7) is 7.71. The van der Waals surface area contributed by atoms with Crippen LogP contribution in [0.4, 0.5) is 0 Å². The first-order chi connectivity index (χ1) is 11.8. The van der Waals surface area contributed by atoms with Crippen molar-refractivity contribution in [3.05, 3.63) is 47.0 Å². The molecule has 2 aromatic rings. The number of carbonyl (C=O) groups is 2. The van der Waals surface area contributed by atoms with Gasteiger partial charge in [-0.1, -0.05) is 0 Å². The summed E-state index contributed by atoms with van der Waals surface area (Å²) in [6, 6.07) is 3.98. The van der Waals surface area contributed by atoms with Crippen LogP contribution >= 0.6 is 0 Å². The molecule has 6 nitrogen and oxygen atoms in total. The van der Waals surface area contributed by atoms with Crippen molar-refractivity contribution >= 4 is 11.8 Å². The molecule has 0 saturated carbocycles. The number of nitrogens with zero attached hydrogens (tertiary/aromatic N) is 4. The minimum atomic E-state index is 0.0413. The van der Waals surface area contributed by atoms with Gasteiger partial charge in [-0.15, -0.1) is 0 Å². The van der Waals surface area contributed by atoms with Crippen LogP contribution in [0, 0.1) is 13.8 Å². The van der Waals surface area contributed by atoms with E-state index in [1.807, 2.05) is 78.3 Å². The van der Waals surface area contributed by atoms with Crippen molar-refractivity contribution in [2.45, 2.75) is 26.8 Å². The van der Waals surface area contributed by atoms with E-state index >= 15 is 0 Å². The van der Waals surface area contributed by atoms with Gasteiger partial charge in [-0.05, 0) is 44.0 Å². The predicted octanol–water partition coefficient (Wildman–Crippen LogP) is 1.97. The van der Waals surface area contributed by atoms with Crippen LogP contribution in [0.15, 0.2) is 24.5 Å². The van der Waals surface area contributed by atoms with Crippen molar-refractivity contribution in [3.63, 3.8) is 0 Å². The van der Waals surface area contributed by atoms with Crippen LogP contribution in [-0.2, 0) is 14.1 Å². The normalized spacial score (nSPS) is 14.5. The second-order valence-corrected chi connectivity index (χ2v) is 6.87. The predicted molar refractivity (Wildman–Crippen MR) is 96.7 cm³/mol. The molecule has 1 fully saturated rings. The highest BCUT2D eigenvalue weighted by Crippen LogP contribution is 2.22. The Labute approximate surface area is 148 Å². The van der Waals surface area contributed by atoms with E-state index in [1.165, 1.54) is 0 Å². The van der Waals surface area contributed by atoms with E-state index in [1.54, 1.807) is 0 Å². The fraction of sp³-hybridized carbons (Fsp3) is 0.474. The van der Waals surface area contributed by atoms with E-state index < -0.39 is 0 Å². The van der Waals surface area contributed by atoms with E-state index in [0.717, 1.165) is 22.5 Å². The molecule has 3 rings (SSSR count). The summed E-state index contributed by atoms with van der Waals surface area (Å²) in [5.41, 5.74) is 3.42. The highest BCUT2D eigenvalue weighted by molar-refractivity contribution is 5.96. The number of likely N-dealkylation sites (tertiary alicyclic amines) is 1. The molecule has 134 valence electrons. The summed E-state index contributed by atoms with van der Waals surface area (Å²) >= 11 is 0. The van der Waals surface area contributed by atoms with Crippen molar-refractivity contribution in [2.24, 2.45) is 14.1 Å². The van der Waals surface area contributed by atoms with Crippen LogP contribution in [0.1, 0.15) is 39.0 Å². The Morgan fingerprint density at radius 3 is 2.00 bits per heavy atom. The Morgan fingerprint density at radius 2 is 1.56 bits per heavy atom. The number of aryl methyl sites for hydroxylation is 4. The number of likely N-dealkylation sites (N-methyl/N-ethyl adjacent to an activating group) is 1. The van der Waals surface area contributed by atoms with Gasteiger partial charge in [0.1, 0.15) is 11.4 Å². The largest absolute Gasteiger partial charge is 0.346 e. The number of aromatic nitrogens is 2. The molecule has 1 aliphatic heterocycles. The Bertz CT molecular complexity index is 773. The zero-order valence-electron chi connectivity index (χ0n) is 15.6. The SMILES string of the molecule is CCN(C(=O)c1c(C)ccn1C)C1CN(C(=O)c2c(C)ccn2C)C1. The molecule has 2 aromatic heterocycles. The van der Waals surface area contributed by atoms with Crippen LogP contribution in [0.2, 0.25) is 0 Å². The van der Waals surface area contributed by atoms with E-state index in [-0.39, 0.29) is 17.9 Å². The molecule has 1 aliphatic rings. The van der Waals surface area contributed by atoms with Gasteiger partial charge in [-0.3, -0.25) is 9.59 Å². The second kappa shape index (κ2) is 6.43. The Balaban J connectivity index is 1.70. The molecule has 0 aliphatic carbocycles. The molecular formula is C19H26N4O2. The standard InChI is InChI=1S/C19H26N4O2/c1-6-23(19(25)17-14(3)8-10-21(17)5)15-11-22(12-15)18(24)16-13(2)7-9-20(16)4/h7-10,15H,6,11-12H2,1-5H3. The third-order valence-corrected chi connectivity index (χ3v) is 5.15. The van der Waals surface area contributed by atoms with Gasteiger partial charge in [-0.25, -0.2) is 0 Å². The minimum Gasteiger partial charge on any atom is -0.346 e. The Hall–Kier alpha value is -2.50. The van der Waals surface area contributed by atoms with Gasteiger partial charge in [-0.2, -0.15) is 0 Å². The maximum Gasteiger partial charge on any atom is 0.271 e. The average Bonchev–Trinajstić information content (AvgIpc) is 3.03. The summed E-state index contributed by atoms with van der Waals surface area (Å²) in [4.78, 5) is 29.3. The number of rotatable bonds is 4. The van der Waals surface area contributed by atoms with Crippen molar-refractivity contribution in [2.75, 3.05) is 19.6 Å². The Morgan fingerprint density at radius 1 is 1.04 bits per heavy atom. The molecule has 0 bridgehead atoms. The minimum absolute atomic E-state index is 0.0413. The van der Waals surface area contributed by atoms with Gasteiger partial charge >= 0.3 is 0 Å². The number of hydrogen-bond acceptors (Lipinski definition) is 2. The van der Waals surface area contributed by atoms with Gasteiger partial charge in [0.05, 0.1) is 6.04 Å². The zero-order valence-corrected chi connectivity index (χ0v) is 15.6. The molecule has 0 spiro atoms. The molecule has 2 amide bonds. The number of carbonyl (C=O) groups excluding carboxylic acids is 2. The highest BCUT2D eigenvalue weighted by Gasteiger charge is 2.38. The second-order valence-electron chi connectivity index (χ2n) is 6.87. The van der Waals surface area contributed by atoms with Crippen LogP contribution in [-0.4, -0.2) is 56.4 Å². The summed E-state index contributed by atoms with van der Waals surface area (Å²) < 4.78 is 3.73. The lowest BCUT2D eigenvalue weighted by molar-refractivity contribution is 0.0233. The van der Waals surface area contributed by atoms with Crippen LogP contribution in [0.5, 0.6) is 0 Å². The van der Waals surface area contributed by atoms with Crippen LogP contribution < -0.4 is 0 Å². The van der Waals surface area contributed by atoms with Gasteiger partial charge in [0.25, 0.3) is 11.8 Å². The fourth-order valence-corrected chi connectivity index (χ4v) is 3.62. The molecule has 0 unspecified atom stereocenters. The van der Waals surface area contributed by atoms with Crippen molar-refractivity contribution in [3.8, 4) is 0 Å². The molecule has 6 heteroatoms. The lowest BCUT2D eigenvalue weighted by atomic mass is 10.0. The summed E-state index contributed by atoms with van der Waals surface area (Å²) in [5, 5.41) is 0. The Kier molecular flexibility index (Phi) is 4.45. The summed E-state index contributed by atoms with van der Waals surface area (Å²) in [5.74, 6) is 0.0828. The summed E-state index contributed by atoms with van der Waals surface area (Å²) in [6.07, 6.45) is 3.81. The van der Waals surface area contributed by atoms with Crippen molar-refractivity contribution in [1.82, 2.24) is 18.9 Å². The van der Waals surface area contributed by atoms with Crippen molar-refractivity contribution in [1.29, 1.82) is 0 Å². The van der Waals surface area contributed by atoms with E-state index in [9.17, 15) is 9.59 Å². The zero-order chi connectivity index (χ0) is 18.3. The van der Waals surface area contributed by atoms with E-state index in [0.29, 0.717) is 19.6 Å². The van der Waals surface area contributed by atoms with Gasteiger partial charge < -0.3 is 18.9 Å². The molecule has 0 atom stereocenters. The van der Waals surface area contributed by atoms with E-state index in [4.69, 9.17) is 0 Å². The quantitative estimate of drug-likeness (QED) is 0.853. The first kappa shape index (κ1) is 17.3. The molecule has 1 saturated heterocycles. The average molecular weight is 342 g/mol. The van der Waals surface area contributed by atoms with Crippen LogP contribution in [0.3, 0.4) is 0 Å². The fourth-order valence-electron chi connectivity index (χ4n) is 3.62. The maximum absolute atomic E-state index is 12.9. The molecular weight excluding hydrogens is 316 g/mol. The summed E-state index contributed by atoms with van der Waals surface area (Å²) in [7, 11) is 3.78. The first-order valence-electron chi connectivity index (χ1n) is 8.69. The highest BCUT2D eigenvalue weighted by atomic mass is 16.2. The monoisotopic (exact) mass is 342 g/mol.